The number of para-hydroxylation sites is 3. The highest BCUT2D eigenvalue weighted by atomic mass is 16.5. The Morgan fingerprint density at radius 2 is 1.67 bits per heavy atom. The second-order valence-electron chi connectivity index (χ2n) is 7.40. The summed E-state index contributed by atoms with van der Waals surface area (Å²) in [5, 5.41) is 1.30. The van der Waals surface area contributed by atoms with Crippen LogP contribution in [0.3, 0.4) is 0 Å². The lowest BCUT2D eigenvalue weighted by Gasteiger charge is -2.19. The molecule has 0 unspecified atom stereocenters. The number of hydrogen-bond donors (Lipinski definition) is 0. The molecule has 4 aromatic carbocycles. The van der Waals surface area contributed by atoms with E-state index >= 15 is 0 Å². The van der Waals surface area contributed by atoms with Gasteiger partial charge in [-0.2, -0.15) is 4.98 Å². The summed E-state index contributed by atoms with van der Waals surface area (Å²) in [7, 11) is 0. The number of aromatic nitrogens is 3. The van der Waals surface area contributed by atoms with E-state index in [9.17, 15) is 0 Å². The van der Waals surface area contributed by atoms with Crippen molar-refractivity contribution in [1.82, 2.24) is 14.1 Å². The van der Waals surface area contributed by atoms with E-state index in [4.69, 9.17) is 15.2 Å². The first-order valence-corrected chi connectivity index (χ1v) is 9.78. The van der Waals surface area contributed by atoms with Gasteiger partial charge in [0.15, 0.2) is 0 Å². The number of fused-ring (bicyclic) bond motifs is 8. The molecule has 0 atom stereocenters. The average Bonchev–Trinajstić information content (AvgIpc) is 3.42. The van der Waals surface area contributed by atoms with Gasteiger partial charge in [-0.3, -0.25) is 4.57 Å². The fourth-order valence-electron chi connectivity index (χ4n) is 4.45. The van der Waals surface area contributed by atoms with Gasteiger partial charge in [-0.15, -0.1) is 0 Å². The summed E-state index contributed by atoms with van der Waals surface area (Å²) >= 11 is 0. The van der Waals surface area contributed by atoms with Crippen LogP contribution in [0.1, 0.15) is 11.0 Å². The minimum absolute atomic E-state index is 0.0329. The topological polar surface area (TPSA) is 32.0 Å². The van der Waals surface area contributed by atoms with Crippen LogP contribution in [0.5, 0.6) is 6.01 Å². The molecule has 142 valence electrons. The summed E-state index contributed by atoms with van der Waals surface area (Å²) in [6, 6.07) is 21.6. The van der Waals surface area contributed by atoms with E-state index in [1.165, 1.54) is 0 Å². The van der Waals surface area contributed by atoms with Gasteiger partial charge >= 0.3 is 6.01 Å². The SMILES string of the molecule is [2H]c1c([2H])c([2H])c2c(c1[2H])c1ccccc1n2-c1ccc2c(c1)nc1n2-c2ccccc2CO1. The number of benzene rings is 4. The van der Waals surface area contributed by atoms with E-state index in [-0.39, 0.29) is 24.2 Å². The minimum Gasteiger partial charge on any atom is -0.459 e. The monoisotopic (exact) mass is 391 g/mol. The number of hydrogen-bond acceptors (Lipinski definition) is 2. The van der Waals surface area contributed by atoms with E-state index in [2.05, 4.69) is 6.07 Å². The fourth-order valence-corrected chi connectivity index (χ4v) is 4.45. The van der Waals surface area contributed by atoms with Crippen molar-refractivity contribution >= 4 is 32.8 Å². The molecular weight excluding hydrogens is 370 g/mol. The highest BCUT2D eigenvalue weighted by Gasteiger charge is 2.21. The third-order valence-electron chi connectivity index (χ3n) is 5.76. The molecule has 0 saturated heterocycles. The lowest BCUT2D eigenvalue weighted by molar-refractivity contribution is 0.265. The Morgan fingerprint density at radius 3 is 2.67 bits per heavy atom. The van der Waals surface area contributed by atoms with Crippen molar-refractivity contribution in [2.24, 2.45) is 0 Å². The Labute approximate surface area is 178 Å². The van der Waals surface area contributed by atoms with Crippen LogP contribution >= 0.6 is 0 Å². The molecule has 6 aromatic rings. The molecule has 0 aliphatic carbocycles. The van der Waals surface area contributed by atoms with Crippen LogP contribution in [-0.4, -0.2) is 14.1 Å². The van der Waals surface area contributed by atoms with Crippen molar-refractivity contribution in [3.05, 3.63) is 96.5 Å². The molecule has 0 fully saturated rings. The maximum Gasteiger partial charge on any atom is 0.302 e. The summed E-state index contributed by atoms with van der Waals surface area (Å²) in [4.78, 5) is 4.73. The molecule has 1 aliphatic rings. The minimum atomic E-state index is -0.245. The number of ether oxygens (including phenoxy) is 1. The number of nitrogens with zero attached hydrogens (tertiary/aromatic N) is 3. The molecule has 0 amide bonds. The quantitative estimate of drug-likeness (QED) is 0.343. The number of rotatable bonds is 1. The van der Waals surface area contributed by atoms with Crippen molar-refractivity contribution in [2.75, 3.05) is 0 Å². The maximum atomic E-state index is 8.65. The zero-order valence-electron chi connectivity index (χ0n) is 19.8. The third kappa shape index (κ3) is 2.02. The lowest BCUT2D eigenvalue weighted by Crippen LogP contribution is -2.11. The molecule has 0 spiro atoms. The smallest absolute Gasteiger partial charge is 0.302 e. The van der Waals surface area contributed by atoms with Gasteiger partial charge in [0.25, 0.3) is 0 Å². The highest BCUT2D eigenvalue weighted by Crippen LogP contribution is 2.36. The zero-order chi connectivity index (χ0) is 23.1. The third-order valence-corrected chi connectivity index (χ3v) is 5.76. The van der Waals surface area contributed by atoms with Crippen LogP contribution in [0, 0.1) is 0 Å². The van der Waals surface area contributed by atoms with Crippen LogP contribution in [0.15, 0.2) is 90.9 Å². The van der Waals surface area contributed by atoms with Gasteiger partial charge in [0.2, 0.25) is 0 Å². The van der Waals surface area contributed by atoms with Crippen molar-refractivity contribution in [3.8, 4) is 17.4 Å². The van der Waals surface area contributed by atoms with Crippen LogP contribution in [-0.2, 0) is 6.61 Å². The van der Waals surface area contributed by atoms with Crippen molar-refractivity contribution in [3.63, 3.8) is 0 Å². The predicted molar refractivity (Wildman–Crippen MR) is 120 cm³/mol. The summed E-state index contributed by atoms with van der Waals surface area (Å²) in [6.07, 6.45) is 0. The van der Waals surface area contributed by atoms with Crippen molar-refractivity contribution in [1.29, 1.82) is 0 Å². The largest absolute Gasteiger partial charge is 0.459 e. The van der Waals surface area contributed by atoms with Crippen LogP contribution in [0.2, 0.25) is 0 Å². The maximum absolute atomic E-state index is 8.65. The number of imidazole rings is 1. The van der Waals surface area contributed by atoms with E-state index in [0.717, 1.165) is 38.9 Å². The van der Waals surface area contributed by atoms with Gasteiger partial charge < -0.3 is 9.30 Å². The van der Waals surface area contributed by atoms with Gasteiger partial charge in [-0.25, -0.2) is 0 Å². The molecule has 0 radical (unpaired) electrons. The van der Waals surface area contributed by atoms with Crippen molar-refractivity contribution < 1.29 is 10.2 Å². The molecule has 1 aliphatic heterocycles. The first-order chi connectivity index (χ1) is 16.5. The normalized spacial score (nSPS) is 14.7. The molecular formula is C26H17N3O. The average molecular weight is 391 g/mol. The van der Waals surface area contributed by atoms with Gasteiger partial charge in [0.1, 0.15) is 6.61 Å². The van der Waals surface area contributed by atoms with E-state index in [0.29, 0.717) is 23.5 Å². The summed E-state index contributed by atoms with van der Waals surface area (Å²) in [5.41, 5.74) is 5.84. The molecule has 4 nitrogen and oxygen atoms in total. The van der Waals surface area contributed by atoms with Gasteiger partial charge in [-0.05, 0) is 36.4 Å². The Hall–Kier alpha value is -4.05. The molecule has 4 heteroatoms. The molecule has 0 saturated carbocycles. The zero-order valence-corrected chi connectivity index (χ0v) is 15.8. The fraction of sp³-hybridized carbons (Fsp3) is 0.0385. The summed E-state index contributed by atoms with van der Waals surface area (Å²) < 4.78 is 43.4. The van der Waals surface area contributed by atoms with Crippen LogP contribution in [0.25, 0.3) is 44.2 Å². The Kier molecular flexibility index (Phi) is 2.39. The van der Waals surface area contributed by atoms with Crippen LogP contribution < -0.4 is 4.74 Å². The molecule has 3 heterocycles. The molecule has 7 rings (SSSR count). The molecule has 2 aromatic heterocycles. The summed E-state index contributed by atoms with van der Waals surface area (Å²) in [5.74, 6) is 0. The van der Waals surface area contributed by atoms with Gasteiger partial charge in [-0.1, -0.05) is 54.5 Å². The van der Waals surface area contributed by atoms with E-state index in [1.54, 1.807) is 0 Å². The van der Waals surface area contributed by atoms with E-state index in [1.807, 2.05) is 69.8 Å². The molecule has 0 bridgehead atoms. The van der Waals surface area contributed by atoms with Crippen LogP contribution in [0.4, 0.5) is 0 Å². The Morgan fingerprint density at radius 1 is 0.800 bits per heavy atom. The second kappa shape index (κ2) is 5.74. The summed E-state index contributed by atoms with van der Waals surface area (Å²) in [6.45, 7) is 0.468. The lowest BCUT2D eigenvalue weighted by atomic mass is 10.1. The standard InChI is InChI=1S/C26H17N3O/c1-4-10-22-17(7-1)16-30-26-27-21-15-18(13-14-25(21)29(22)26)28-23-11-5-2-8-19(23)20-9-3-6-12-24(20)28/h1-15H,16H2/i2D,5D,8D,11D. The Bertz CT molecular complexity index is 1820. The van der Waals surface area contributed by atoms with Crippen molar-refractivity contribution in [2.45, 2.75) is 6.61 Å². The Balaban J connectivity index is 1.56. The van der Waals surface area contributed by atoms with E-state index < -0.39 is 0 Å². The highest BCUT2D eigenvalue weighted by molar-refractivity contribution is 6.09. The van der Waals surface area contributed by atoms with Gasteiger partial charge in [0, 0.05) is 22.0 Å². The first-order valence-electron chi connectivity index (χ1n) is 11.8. The molecule has 30 heavy (non-hydrogen) atoms. The predicted octanol–water partition coefficient (Wildman–Crippen LogP) is 6.02. The molecule has 0 N–H and O–H groups in total. The first kappa shape index (κ1) is 12.5. The van der Waals surface area contributed by atoms with Gasteiger partial charge in [0.05, 0.1) is 33.2 Å². The second-order valence-corrected chi connectivity index (χ2v) is 7.40.